The van der Waals surface area contributed by atoms with Gasteiger partial charge in [-0.1, -0.05) is 30.3 Å². The number of hydrogen-bond donors (Lipinski definition) is 1. The van der Waals surface area contributed by atoms with Crippen molar-refractivity contribution in [3.05, 3.63) is 59.7 Å². The minimum Gasteiger partial charge on any atom is -0.497 e. The van der Waals surface area contributed by atoms with Crippen molar-refractivity contribution >= 4 is 0 Å². The molecule has 0 bridgehead atoms. The van der Waals surface area contributed by atoms with Gasteiger partial charge in [0.2, 0.25) is 0 Å². The molecule has 0 radical (unpaired) electrons. The zero-order chi connectivity index (χ0) is 15.2. The molecule has 1 N–H and O–H groups in total. The molecule has 112 valence electrons. The van der Waals surface area contributed by atoms with Crippen LogP contribution in [0.5, 0.6) is 11.5 Å². The van der Waals surface area contributed by atoms with Crippen LogP contribution in [-0.2, 0) is 0 Å². The second-order valence-electron chi connectivity index (χ2n) is 5.13. The second kappa shape index (κ2) is 7.14. The van der Waals surface area contributed by atoms with E-state index in [1.165, 1.54) is 11.1 Å². The van der Waals surface area contributed by atoms with Gasteiger partial charge in [0.05, 0.1) is 14.2 Å². The Bertz CT molecular complexity index is 566. The van der Waals surface area contributed by atoms with Crippen LogP contribution >= 0.6 is 0 Å². The van der Waals surface area contributed by atoms with Crippen LogP contribution in [0, 0.1) is 0 Å². The van der Waals surface area contributed by atoms with Gasteiger partial charge in [-0.15, -0.1) is 0 Å². The van der Waals surface area contributed by atoms with Crippen LogP contribution in [0.15, 0.2) is 48.5 Å². The maximum Gasteiger partial charge on any atom is 0.123 e. The van der Waals surface area contributed by atoms with E-state index in [2.05, 4.69) is 37.4 Å². The van der Waals surface area contributed by atoms with Gasteiger partial charge >= 0.3 is 0 Å². The fourth-order valence-corrected chi connectivity index (χ4v) is 2.48. The lowest BCUT2D eigenvalue weighted by Crippen LogP contribution is -2.22. The monoisotopic (exact) mass is 285 g/mol. The molecule has 2 unspecified atom stereocenters. The van der Waals surface area contributed by atoms with E-state index in [1.54, 1.807) is 14.2 Å². The minimum atomic E-state index is 0.207. The van der Waals surface area contributed by atoms with Crippen molar-refractivity contribution in [1.29, 1.82) is 0 Å². The van der Waals surface area contributed by atoms with Crippen molar-refractivity contribution in [2.24, 2.45) is 0 Å². The van der Waals surface area contributed by atoms with Crippen molar-refractivity contribution in [2.45, 2.75) is 25.9 Å². The van der Waals surface area contributed by atoms with Crippen LogP contribution in [0.25, 0.3) is 0 Å². The van der Waals surface area contributed by atoms with E-state index in [0.29, 0.717) is 0 Å². The first kappa shape index (κ1) is 15.4. The third-order valence-corrected chi connectivity index (χ3v) is 3.72. The molecule has 0 amide bonds. The van der Waals surface area contributed by atoms with Crippen LogP contribution in [0.3, 0.4) is 0 Å². The molecular formula is C18H23NO2. The predicted octanol–water partition coefficient (Wildman–Crippen LogP) is 4.12. The maximum absolute atomic E-state index is 5.43. The van der Waals surface area contributed by atoms with Gasteiger partial charge in [-0.2, -0.15) is 0 Å². The number of hydrogen-bond acceptors (Lipinski definition) is 3. The van der Waals surface area contributed by atoms with Crippen molar-refractivity contribution in [3.63, 3.8) is 0 Å². The van der Waals surface area contributed by atoms with Crippen LogP contribution in [-0.4, -0.2) is 14.2 Å². The van der Waals surface area contributed by atoms with Crippen molar-refractivity contribution in [3.8, 4) is 11.5 Å². The quantitative estimate of drug-likeness (QED) is 0.866. The molecule has 0 heterocycles. The Hall–Kier alpha value is -2.00. The maximum atomic E-state index is 5.43. The lowest BCUT2D eigenvalue weighted by atomic mass is 10.0. The van der Waals surface area contributed by atoms with Gasteiger partial charge in [0.25, 0.3) is 0 Å². The van der Waals surface area contributed by atoms with Crippen molar-refractivity contribution < 1.29 is 9.47 Å². The normalized spacial score (nSPS) is 13.5. The number of ether oxygens (including phenoxy) is 2. The Labute approximate surface area is 126 Å². The molecule has 21 heavy (non-hydrogen) atoms. The highest BCUT2D eigenvalue weighted by molar-refractivity contribution is 5.36. The second-order valence-corrected chi connectivity index (χ2v) is 5.13. The van der Waals surface area contributed by atoms with Gasteiger partial charge in [-0.05, 0) is 37.6 Å². The summed E-state index contributed by atoms with van der Waals surface area (Å²) in [5.74, 6) is 1.79. The molecule has 2 atom stereocenters. The molecule has 0 saturated carbocycles. The fourth-order valence-electron chi connectivity index (χ4n) is 2.48. The summed E-state index contributed by atoms with van der Waals surface area (Å²) >= 11 is 0. The number of rotatable bonds is 6. The first-order valence-corrected chi connectivity index (χ1v) is 7.18. The summed E-state index contributed by atoms with van der Waals surface area (Å²) < 4.78 is 10.6. The highest BCUT2D eigenvalue weighted by Gasteiger charge is 2.14. The molecule has 3 nitrogen and oxygen atoms in total. The zero-order valence-corrected chi connectivity index (χ0v) is 13.1. The van der Waals surface area contributed by atoms with Crippen LogP contribution in [0.2, 0.25) is 0 Å². The summed E-state index contributed by atoms with van der Waals surface area (Å²) in [5, 5.41) is 3.60. The Balaban J connectivity index is 2.08. The summed E-state index contributed by atoms with van der Waals surface area (Å²) in [7, 11) is 3.39. The van der Waals surface area contributed by atoms with Crippen molar-refractivity contribution in [2.75, 3.05) is 14.2 Å². The van der Waals surface area contributed by atoms with Gasteiger partial charge in [0, 0.05) is 17.6 Å². The van der Waals surface area contributed by atoms with Crippen LogP contribution in [0.4, 0.5) is 0 Å². The van der Waals surface area contributed by atoms with E-state index in [-0.39, 0.29) is 12.1 Å². The van der Waals surface area contributed by atoms with Crippen LogP contribution < -0.4 is 14.8 Å². The van der Waals surface area contributed by atoms with Gasteiger partial charge < -0.3 is 14.8 Å². The van der Waals surface area contributed by atoms with Crippen LogP contribution in [0.1, 0.15) is 37.1 Å². The Kier molecular flexibility index (Phi) is 5.23. The first-order valence-electron chi connectivity index (χ1n) is 7.18. The molecule has 0 aromatic heterocycles. The predicted molar refractivity (Wildman–Crippen MR) is 86.0 cm³/mol. The fraction of sp³-hybridized carbons (Fsp3) is 0.333. The highest BCUT2D eigenvalue weighted by atomic mass is 16.5. The van der Waals surface area contributed by atoms with E-state index < -0.39 is 0 Å². The average Bonchev–Trinajstić information content (AvgIpc) is 2.54. The Morgan fingerprint density at radius 3 is 2.10 bits per heavy atom. The smallest absolute Gasteiger partial charge is 0.123 e. The topological polar surface area (TPSA) is 30.5 Å². The first-order chi connectivity index (χ1) is 10.2. The molecule has 0 aliphatic rings. The molecule has 0 aliphatic carbocycles. The van der Waals surface area contributed by atoms with E-state index >= 15 is 0 Å². The summed E-state index contributed by atoms with van der Waals surface area (Å²) in [6, 6.07) is 16.7. The lowest BCUT2D eigenvalue weighted by molar-refractivity contribution is 0.396. The summed E-state index contributed by atoms with van der Waals surface area (Å²) in [6.45, 7) is 4.31. The third-order valence-electron chi connectivity index (χ3n) is 3.72. The molecule has 0 spiro atoms. The Morgan fingerprint density at radius 2 is 1.48 bits per heavy atom. The van der Waals surface area contributed by atoms with Gasteiger partial charge in [0.1, 0.15) is 11.5 Å². The number of para-hydroxylation sites is 1. The van der Waals surface area contributed by atoms with Gasteiger partial charge in [-0.25, -0.2) is 0 Å². The lowest BCUT2D eigenvalue weighted by Gasteiger charge is -2.22. The Morgan fingerprint density at radius 1 is 0.810 bits per heavy atom. The number of nitrogens with one attached hydrogen (secondary N) is 1. The molecule has 2 aromatic rings. The molecule has 3 heteroatoms. The van der Waals surface area contributed by atoms with Gasteiger partial charge in [0.15, 0.2) is 0 Å². The summed E-state index contributed by atoms with van der Waals surface area (Å²) in [4.78, 5) is 0. The minimum absolute atomic E-state index is 0.207. The SMILES string of the molecule is COc1ccc(C(C)NC(C)c2ccccc2OC)cc1. The number of methoxy groups -OCH3 is 2. The number of benzene rings is 2. The van der Waals surface area contributed by atoms with E-state index in [0.717, 1.165) is 11.5 Å². The zero-order valence-electron chi connectivity index (χ0n) is 13.1. The molecule has 2 rings (SSSR count). The highest BCUT2D eigenvalue weighted by Crippen LogP contribution is 2.27. The van der Waals surface area contributed by atoms with E-state index in [1.807, 2.05) is 30.3 Å². The van der Waals surface area contributed by atoms with Crippen molar-refractivity contribution in [1.82, 2.24) is 5.32 Å². The summed E-state index contributed by atoms with van der Waals surface area (Å²) in [6.07, 6.45) is 0. The standard InChI is InChI=1S/C18H23NO2/c1-13(15-9-11-16(20-3)12-10-15)19-14(2)17-7-5-6-8-18(17)21-4/h5-14,19H,1-4H3. The summed E-state index contributed by atoms with van der Waals surface area (Å²) in [5.41, 5.74) is 2.40. The molecular weight excluding hydrogens is 262 g/mol. The molecule has 2 aromatic carbocycles. The van der Waals surface area contributed by atoms with E-state index in [9.17, 15) is 0 Å². The van der Waals surface area contributed by atoms with Gasteiger partial charge in [-0.3, -0.25) is 0 Å². The average molecular weight is 285 g/mol. The van der Waals surface area contributed by atoms with E-state index in [4.69, 9.17) is 9.47 Å². The molecule has 0 fully saturated rings. The largest absolute Gasteiger partial charge is 0.497 e. The third kappa shape index (κ3) is 3.76. The molecule has 0 aliphatic heterocycles. The molecule has 0 saturated heterocycles.